The fraction of sp³-hybridized carbons (Fsp3) is 0.368. The molecule has 1 saturated heterocycles. The van der Waals surface area contributed by atoms with Gasteiger partial charge in [-0.3, -0.25) is 9.80 Å². The van der Waals surface area contributed by atoms with E-state index in [1.54, 1.807) is 19.2 Å². The molecule has 2 heterocycles. The van der Waals surface area contributed by atoms with Gasteiger partial charge in [-0.15, -0.1) is 0 Å². The van der Waals surface area contributed by atoms with Gasteiger partial charge in [0.05, 0.1) is 24.4 Å². The van der Waals surface area contributed by atoms with Crippen LogP contribution in [0.5, 0.6) is 5.88 Å². The zero-order chi connectivity index (χ0) is 17.6. The summed E-state index contributed by atoms with van der Waals surface area (Å²) < 4.78 is 19.2. The highest BCUT2D eigenvalue weighted by atomic mass is 19.1. The number of pyridine rings is 1. The van der Waals surface area contributed by atoms with Crippen LogP contribution in [0.3, 0.4) is 0 Å². The van der Waals surface area contributed by atoms with Crippen molar-refractivity contribution < 1.29 is 9.13 Å². The molecule has 130 valence electrons. The third-order valence-electron chi connectivity index (χ3n) is 4.42. The second-order valence-electron chi connectivity index (χ2n) is 6.14. The Kier molecular flexibility index (Phi) is 5.59. The predicted molar refractivity (Wildman–Crippen MR) is 92.5 cm³/mol. The van der Waals surface area contributed by atoms with Crippen LogP contribution in [0.15, 0.2) is 36.4 Å². The molecule has 1 aromatic carbocycles. The summed E-state index contributed by atoms with van der Waals surface area (Å²) in [7, 11) is 1.62. The van der Waals surface area contributed by atoms with Crippen LogP contribution in [-0.4, -0.2) is 48.1 Å². The van der Waals surface area contributed by atoms with Crippen LogP contribution in [0.25, 0.3) is 0 Å². The van der Waals surface area contributed by atoms with Crippen molar-refractivity contribution in [1.82, 2.24) is 14.8 Å². The van der Waals surface area contributed by atoms with Crippen molar-refractivity contribution in [2.24, 2.45) is 0 Å². The number of aromatic nitrogens is 1. The van der Waals surface area contributed by atoms with Gasteiger partial charge < -0.3 is 4.74 Å². The molecule has 0 unspecified atom stereocenters. The molecule has 1 fully saturated rings. The van der Waals surface area contributed by atoms with Crippen LogP contribution in [0, 0.1) is 17.1 Å². The lowest BCUT2D eigenvalue weighted by Crippen LogP contribution is -2.45. The van der Waals surface area contributed by atoms with Crippen LogP contribution in [-0.2, 0) is 13.1 Å². The first-order valence-corrected chi connectivity index (χ1v) is 8.31. The number of nitriles is 1. The Labute approximate surface area is 147 Å². The van der Waals surface area contributed by atoms with Crippen molar-refractivity contribution in [3.63, 3.8) is 0 Å². The fourth-order valence-electron chi connectivity index (χ4n) is 2.98. The van der Waals surface area contributed by atoms with E-state index < -0.39 is 0 Å². The summed E-state index contributed by atoms with van der Waals surface area (Å²) in [6.45, 7) is 4.94. The first kappa shape index (κ1) is 17.3. The summed E-state index contributed by atoms with van der Waals surface area (Å²) in [4.78, 5) is 9.02. The molecule has 1 aliphatic rings. The molecule has 0 aliphatic carbocycles. The average molecular weight is 340 g/mol. The second kappa shape index (κ2) is 8.06. The lowest BCUT2D eigenvalue weighted by Gasteiger charge is -2.34. The zero-order valence-electron chi connectivity index (χ0n) is 14.3. The molecule has 2 aromatic rings. The highest BCUT2D eigenvalue weighted by Crippen LogP contribution is 2.15. The molecule has 1 aromatic heterocycles. The molecule has 6 heteroatoms. The van der Waals surface area contributed by atoms with Crippen LogP contribution >= 0.6 is 0 Å². The molecule has 0 spiro atoms. The molecular formula is C19H21FN4O. The van der Waals surface area contributed by atoms with Crippen molar-refractivity contribution in [2.45, 2.75) is 13.1 Å². The predicted octanol–water partition coefficient (Wildman–Crippen LogP) is 2.42. The maximum absolute atomic E-state index is 14.0. The second-order valence-corrected chi connectivity index (χ2v) is 6.14. The van der Waals surface area contributed by atoms with E-state index in [0.717, 1.165) is 38.4 Å². The first-order valence-electron chi connectivity index (χ1n) is 8.31. The lowest BCUT2D eigenvalue weighted by atomic mass is 10.1. The number of methoxy groups -OCH3 is 1. The average Bonchev–Trinajstić information content (AvgIpc) is 2.65. The summed E-state index contributed by atoms with van der Waals surface area (Å²) >= 11 is 0. The van der Waals surface area contributed by atoms with Gasteiger partial charge in [-0.1, -0.05) is 12.1 Å². The van der Waals surface area contributed by atoms with Gasteiger partial charge in [-0.05, 0) is 18.2 Å². The van der Waals surface area contributed by atoms with Gasteiger partial charge in [0.2, 0.25) is 5.88 Å². The van der Waals surface area contributed by atoms with Gasteiger partial charge >= 0.3 is 0 Å². The lowest BCUT2D eigenvalue weighted by molar-refractivity contribution is 0.120. The molecule has 1 aliphatic heterocycles. The van der Waals surface area contributed by atoms with Crippen LogP contribution in [0.4, 0.5) is 4.39 Å². The van der Waals surface area contributed by atoms with Crippen molar-refractivity contribution in [2.75, 3.05) is 33.3 Å². The molecule has 3 rings (SSSR count). The minimum atomic E-state index is -0.304. The van der Waals surface area contributed by atoms with Crippen molar-refractivity contribution in [3.05, 3.63) is 59.0 Å². The smallest absolute Gasteiger partial charge is 0.213 e. The number of ether oxygens (including phenoxy) is 1. The Hall–Kier alpha value is -2.49. The van der Waals surface area contributed by atoms with Gasteiger partial charge in [0.15, 0.2) is 0 Å². The molecule has 0 N–H and O–H groups in total. The SMILES string of the molecule is COc1cccc(CN2CCN(Cc3ccc(C#N)cc3F)CC2)n1. The summed E-state index contributed by atoms with van der Waals surface area (Å²) in [5.74, 6) is 0.328. The summed E-state index contributed by atoms with van der Waals surface area (Å²) in [5.41, 5.74) is 1.99. The molecular weight excluding hydrogens is 319 g/mol. The zero-order valence-corrected chi connectivity index (χ0v) is 14.3. The highest BCUT2D eigenvalue weighted by Gasteiger charge is 2.18. The summed E-state index contributed by atoms with van der Waals surface area (Å²) in [6.07, 6.45) is 0. The van der Waals surface area contributed by atoms with Crippen LogP contribution in [0.2, 0.25) is 0 Å². The largest absolute Gasteiger partial charge is 0.481 e. The molecule has 5 nitrogen and oxygen atoms in total. The number of halogens is 1. The van der Waals surface area contributed by atoms with E-state index in [0.29, 0.717) is 23.6 Å². The summed E-state index contributed by atoms with van der Waals surface area (Å²) in [6, 6.07) is 12.4. The van der Waals surface area contributed by atoms with E-state index in [2.05, 4.69) is 14.8 Å². The van der Waals surface area contributed by atoms with E-state index in [1.807, 2.05) is 24.3 Å². The van der Waals surface area contributed by atoms with E-state index in [-0.39, 0.29) is 5.82 Å². The minimum absolute atomic E-state index is 0.304. The van der Waals surface area contributed by atoms with E-state index in [9.17, 15) is 4.39 Å². The molecule has 0 atom stereocenters. The molecule has 0 saturated carbocycles. The third-order valence-corrected chi connectivity index (χ3v) is 4.42. The first-order chi connectivity index (χ1) is 12.2. The molecule has 25 heavy (non-hydrogen) atoms. The van der Waals surface area contributed by atoms with E-state index in [4.69, 9.17) is 10.00 Å². The van der Waals surface area contributed by atoms with Crippen molar-refractivity contribution in [3.8, 4) is 11.9 Å². The van der Waals surface area contributed by atoms with Gasteiger partial charge in [-0.25, -0.2) is 9.37 Å². The van der Waals surface area contributed by atoms with E-state index in [1.165, 1.54) is 6.07 Å². The standard InChI is InChI=1S/C19H21FN4O/c1-25-19-4-2-3-17(22-19)14-24-9-7-23(8-10-24)13-16-6-5-15(12-21)11-18(16)20/h2-6,11H,7-10,13-14H2,1H3. The number of hydrogen-bond acceptors (Lipinski definition) is 5. The molecule has 0 amide bonds. The number of hydrogen-bond donors (Lipinski definition) is 0. The van der Waals surface area contributed by atoms with Crippen LogP contribution in [0.1, 0.15) is 16.8 Å². The number of benzene rings is 1. The minimum Gasteiger partial charge on any atom is -0.481 e. The Balaban J connectivity index is 1.52. The fourth-order valence-corrected chi connectivity index (χ4v) is 2.98. The third kappa shape index (κ3) is 4.53. The maximum Gasteiger partial charge on any atom is 0.213 e. The quantitative estimate of drug-likeness (QED) is 0.837. The molecule has 0 radical (unpaired) electrons. The number of nitrogens with zero attached hydrogens (tertiary/aromatic N) is 4. The molecule has 0 bridgehead atoms. The van der Waals surface area contributed by atoms with E-state index >= 15 is 0 Å². The van der Waals surface area contributed by atoms with Gasteiger partial charge in [0, 0.05) is 50.9 Å². The van der Waals surface area contributed by atoms with Crippen molar-refractivity contribution >= 4 is 0 Å². The number of piperazine rings is 1. The summed E-state index contributed by atoms with van der Waals surface area (Å²) in [5, 5.41) is 8.81. The Bertz CT molecular complexity index is 766. The normalized spacial score (nSPS) is 15.7. The Morgan fingerprint density at radius 1 is 1.12 bits per heavy atom. The van der Waals surface area contributed by atoms with Gasteiger partial charge in [0.25, 0.3) is 0 Å². The monoisotopic (exact) mass is 340 g/mol. The maximum atomic E-state index is 14.0. The Morgan fingerprint density at radius 3 is 2.48 bits per heavy atom. The highest BCUT2D eigenvalue weighted by molar-refractivity contribution is 5.32. The van der Waals surface area contributed by atoms with Gasteiger partial charge in [0.1, 0.15) is 5.82 Å². The van der Waals surface area contributed by atoms with Crippen molar-refractivity contribution in [1.29, 1.82) is 5.26 Å². The number of rotatable bonds is 5. The Morgan fingerprint density at radius 2 is 1.84 bits per heavy atom. The topological polar surface area (TPSA) is 52.4 Å². The van der Waals surface area contributed by atoms with Gasteiger partial charge in [-0.2, -0.15) is 5.26 Å². The van der Waals surface area contributed by atoms with Crippen LogP contribution < -0.4 is 4.74 Å².